The van der Waals surface area contributed by atoms with Gasteiger partial charge in [-0.3, -0.25) is 0 Å². The fourth-order valence-corrected chi connectivity index (χ4v) is 3.20. The minimum Gasteiger partial charge on any atom is -0.316 e. The Hall–Kier alpha value is 0.620. The average Bonchev–Trinajstić information content (AvgIpc) is 2.41. The summed E-state index contributed by atoms with van der Waals surface area (Å²) in [6.07, 6.45) is 2.33. The van der Waals surface area contributed by atoms with Crippen molar-refractivity contribution in [3.63, 3.8) is 0 Å². The third kappa shape index (κ3) is 4.11. The van der Waals surface area contributed by atoms with Crippen molar-refractivity contribution in [3.8, 4) is 0 Å². The number of hydrogen-bond donors (Lipinski definition) is 1. The van der Waals surface area contributed by atoms with Gasteiger partial charge in [-0.25, -0.2) is 0 Å². The Bertz CT molecular complexity index is 241. The van der Waals surface area contributed by atoms with Crippen LogP contribution < -0.4 is 5.32 Å². The van der Waals surface area contributed by atoms with Crippen molar-refractivity contribution in [2.45, 2.75) is 19.8 Å². The summed E-state index contributed by atoms with van der Waals surface area (Å²) < 4.78 is 2.36. The third-order valence-electron chi connectivity index (χ3n) is 1.67. The number of thiophene rings is 1. The van der Waals surface area contributed by atoms with Crippen LogP contribution in [0.2, 0.25) is 0 Å². The van der Waals surface area contributed by atoms with Crippen LogP contribution in [0.5, 0.6) is 0 Å². The summed E-state index contributed by atoms with van der Waals surface area (Å²) in [6, 6.07) is 2.18. The van der Waals surface area contributed by atoms with Crippen molar-refractivity contribution in [1.29, 1.82) is 0 Å². The summed E-state index contributed by atoms with van der Waals surface area (Å²) in [4.78, 5) is 1.42. The van der Waals surface area contributed by atoms with Gasteiger partial charge in [0.05, 0.1) is 3.79 Å². The van der Waals surface area contributed by atoms with Crippen molar-refractivity contribution in [1.82, 2.24) is 5.32 Å². The van der Waals surface area contributed by atoms with E-state index in [4.69, 9.17) is 0 Å². The molecular formula is C9H13Br2NS. The first-order chi connectivity index (χ1) is 6.24. The van der Waals surface area contributed by atoms with E-state index < -0.39 is 0 Å². The molecule has 0 fully saturated rings. The molecule has 1 aromatic rings. The van der Waals surface area contributed by atoms with Gasteiger partial charge in [0.25, 0.3) is 0 Å². The Labute approximate surface area is 100 Å². The zero-order valence-electron chi connectivity index (χ0n) is 7.57. The van der Waals surface area contributed by atoms with Gasteiger partial charge in [0, 0.05) is 9.35 Å². The molecule has 0 saturated heterocycles. The van der Waals surface area contributed by atoms with E-state index >= 15 is 0 Å². The monoisotopic (exact) mass is 325 g/mol. The first-order valence-corrected chi connectivity index (χ1v) is 6.78. The van der Waals surface area contributed by atoms with E-state index in [0.717, 1.165) is 19.5 Å². The first-order valence-electron chi connectivity index (χ1n) is 4.38. The highest BCUT2D eigenvalue weighted by Gasteiger charge is 2.02. The summed E-state index contributed by atoms with van der Waals surface area (Å²) in [7, 11) is 0. The quantitative estimate of drug-likeness (QED) is 0.811. The fourth-order valence-electron chi connectivity index (χ4n) is 1.03. The van der Waals surface area contributed by atoms with Crippen LogP contribution in [-0.4, -0.2) is 13.1 Å². The normalized spacial score (nSPS) is 10.7. The maximum absolute atomic E-state index is 3.49. The molecule has 0 aliphatic rings. The fraction of sp³-hybridized carbons (Fsp3) is 0.556. The molecule has 74 valence electrons. The summed E-state index contributed by atoms with van der Waals surface area (Å²) >= 11 is 8.77. The van der Waals surface area contributed by atoms with Gasteiger partial charge in [-0.15, -0.1) is 11.3 Å². The topological polar surface area (TPSA) is 12.0 Å². The summed E-state index contributed by atoms with van der Waals surface area (Å²) in [5, 5.41) is 3.39. The van der Waals surface area contributed by atoms with Crippen LogP contribution in [0.15, 0.2) is 14.3 Å². The number of halogens is 2. The molecule has 1 rings (SSSR count). The van der Waals surface area contributed by atoms with Gasteiger partial charge in [0.1, 0.15) is 0 Å². The average molecular weight is 327 g/mol. The lowest BCUT2D eigenvalue weighted by Gasteiger charge is -1.99. The molecular weight excluding hydrogens is 314 g/mol. The molecule has 0 bridgehead atoms. The van der Waals surface area contributed by atoms with E-state index in [1.54, 1.807) is 11.3 Å². The largest absolute Gasteiger partial charge is 0.316 e. The van der Waals surface area contributed by atoms with Crippen molar-refractivity contribution in [2.75, 3.05) is 13.1 Å². The molecule has 0 aromatic carbocycles. The van der Waals surface area contributed by atoms with Crippen molar-refractivity contribution < 1.29 is 0 Å². The molecule has 1 N–H and O–H groups in total. The van der Waals surface area contributed by atoms with E-state index in [2.05, 4.69) is 50.2 Å². The van der Waals surface area contributed by atoms with Crippen LogP contribution in [0.3, 0.4) is 0 Å². The van der Waals surface area contributed by atoms with Crippen molar-refractivity contribution in [2.24, 2.45) is 0 Å². The van der Waals surface area contributed by atoms with Crippen molar-refractivity contribution in [3.05, 3.63) is 19.2 Å². The maximum atomic E-state index is 3.49. The Morgan fingerprint density at radius 3 is 2.69 bits per heavy atom. The molecule has 0 atom stereocenters. The second-order valence-electron chi connectivity index (χ2n) is 2.83. The molecule has 4 heteroatoms. The number of nitrogens with one attached hydrogen (secondary N) is 1. The lowest BCUT2D eigenvalue weighted by atomic mass is 10.3. The van der Waals surface area contributed by atoms with Gasteiger partial charge in [-0.2, -0.15) is 0 Å². The molecule has 0 aliphatic carbocycles. The molecule has 13 heavy (non-hydrogen) atoms. The van der Waals surface area contributed by atoms with E-state index in [-0.39, 0.29) is 0 Å². The Kier molecular flexibility index (Phi) is 5.55. The highest BCUT2D eigenvalue weighted by molar-refractivity contribution is 9.13. The van der Waals surface area contributed by atoms with E-state index in [1.807, 2.05) is 0 Å². The summed E-state index contributed by atoms with van der Waals surface area (Å²) in [5.74, 6) is 0. The van der Waals surface area contributed by atoms with Crippen LogP contribution in [-0.2, 0) is 6.42 Å². The summed E-state index contributed by atoms with van der Waals surface area (Å²) in [5.41, 5.74) is 0. The predicted molar refractivity (Wildman–Crippen MR) is 66.6 cm³/mol. The Morgan fingerprint density at radius 2 is 2.15 bits per heavy atom. The van der Waals surface area contributed by atoms with Gasteiger partial charge < -0.3 is 5.32 Å². The zero-order valence-corrected chi connectivity index (χ0v) is 11.6. The van der Waals surface area contributed by atoms with Gasteiger partial charge >= 0.3 is 0 Å². The minimum atomic E-state index is 1.08. The smallest absolute Gasteiger partial charge is 0.0843 e. The second-order valence-corrected chi connectivity index (χ2v) is 6.14. The Balaban J connectivity index is 2.29. The van der Waals surface area contributed by atoms with E-state index in [9.17, 15) is 0 Å². The zero-order chi connectivity index (χ0) is 9.68. The molecule has 0 unspecified atom stereocenters. The highest BCUT2D eigenvalue weighted by atomic mass is 79.9. The van der Waals surface area contributed by atoms with E-state index in [0.29, 0.717) is 0 Å². The van der Waals surface area contributed by atoms with Crippen LogP contribution in [0, 0.1) is 0 Å². The van der Waals surface area contributed by atoms with Gasteiger partial charge in [0.2, 0.25) is 0 Å². The molecule has 0 radical (unpaired) electrons. The summed E-state index contributed by atoms with van der Waals surface area (Å²) in [6.45, 7) is 4.38. The van der Waals surface area contributed by atoms with Gasteiger partial charge in [-0.05, 0) is 63.9 Å². The third-order valence-corrected chi connectivity index (χ3v) is 4.99. The van der Waals surface area contributed by atoms with Gasteiger partial charge in [-0.1, -0.05) is 6.92 Å². The molecule has 0 aliphatic heterocycles. The lowest BCUT2D eigenvalue weighted by Crippen LogP contribution is -2.17. The molecule has 1 heterocycles. The van der Waals surface area contributed by atoms with Crippen LogP contribution in [0.1, 0.15) is 18.2 Å². The van der Waals surface area contributed by atoms with Gasteiger partial charge in [0.15, 0.2) is 0 Å². The highest BCUT2D eigenvalue weighted by Crippen LogP contribution is 2.32. The molecule has 1 nitrogen and oxygen atoms in total. The maximum Gasteiger partial charge on any atom is 0.0843 e. The number of rotatable bonds is 5. The van der Waals surface area contributed by atoms with Crippen LogP contribution in [0.4, 0.5) is 0 Å². The first kappa shape index (κ1) is 11.7. The second kappa shape index (κ2) is 6.17. The minimum absolute atomic E-state index is 1.08. The molecule has 0 saturated carbocycles. The van der Waals surface area contributed by atoms with Crippen LogP contribution in [0.25, 0.3) is 0 Å². The molecule has 0 amide bonds. The number of hydrogen-bond acceptors (Lipinski definition) is 2. The van der Waals surface area contributed by atoms with Crippen molar-refractivity contribution >= 4 is 43.2 Å². The SMILES string of the molecule is CCCNCCc1cc(Br)c(Br)s1. The Morgan fingerprint density at radius 1 is 1.38 bits per heavy atom. The van der Waals surface area contributed by atoms with Crippen LogP contribution >= 0.6 is 43.2 Å². The lowest BCUT2D eigenvalue weighted by molar-refractivity contribution is 0.674. The van der Waals surface area contributed by atoms with E-state index in [1.165, 1.54) is 19.6 Å². The molecule has 1 aromatic heterocycles. The standard InChI is InChI=1S/C9H13Br2NS/c1-2-4-12-5-3-7-6-8(10)9(11)13-7/h6,12H,2-5H2,1H3. The predicted octanol–water partition coefficient (Wildman–Crippen LogP) is 3.82. The molecule has 0 spiro atoms.